The smallest absolute Gasteiger partial charge is 0.196 e. The van der Waals surface area contributed by atoms with Crippen LogP contribution < -0.4 is 10.1 Å². The summed E-state index contributed by atoms with van der Waals surface area (Å²) >= 11 is 0. The summed E-state index contributed by atoms with van der Waals surface area (Å²) in [7, 11) is 0. The van der Waals surface area contributed by atoms with Gasteiger partial charge in [0.1, 0.15) is 35.9 Å². The number of furan rings is 1. The summed E-state index contributed by atoms with van der Waals surface area (Å²) in [4.78, 5) is 8.55. The van der Waals surface area contributed by atoms with Crippen LogP contribution in [0.25, 0.3) is 22.1 Å². The van der Waals surface area contributed by atoms with Crippen LogP contribution in [0.1, 0.15) is 5.56 Å². The van der Waals surface area contributed by atoms with Gasteiger partial charge in [0.25, 0.3) is 0 Å². The highest BCUT2D eigenvalue weighted by Gasteiger charge is 2.14. The Morgan fingerprint density at radius 3 is 2.92 bits per heavy atom. The van der Waals surface area contributed by atoms with Crippen molar-refractivity contribution in [2.24, 2.45) is 0 Å². The molecule has 4 rings (SSSR count). The van der Waals surface area contributed by atoms with Gasteiger partial charge >= 0.3 is 0 Å². The Morgan fingerprint density at radius 1 is 1.15 bits per heavy atom. The molecule has 4 aromatic rings. The van der Waals surface area contributed by atoms with Crippen LogP contribution in [0.5, 0.6) is 5.75 Å². The number of aryl methyl sites for hydroxylation is 1. The highest BCUT2D eigenvalue weighted by molar-refractivity contribution is 6.05. The number of aliphatic hydroxyl groups is 1. The van der Waals surface area contributed by atoms with Gasteiger partial charge in [-0.15, -0.1) is 0 Å². The number of anilines is 1. The van der Waals surface area contributed by atoms with E-state index in [1.165, 1.54) is 6.33 Å². The highest BCUT2D eigenvalue weighted by atomic mass is 16.5. The quantitative estimate of drug-likeness (QED) is 0.554. The molecular formula is C20H19N3O3. The van der Waals surface area contributed by atoms with E-state index in [1.54, 1.807) is 0 Å². The molecule has 0 aliphatic rings. The van der Waals surface area contributed by atoms with Crippen molar-refractivity contribution in [3.05, 3.63) is 60.4 Å². The molecule has 0 fully saturated rings. The van der Waals surface area contributed by atoms with Crippen LogP contribution in [-0.4, -0.2) is 34.3 Å². The SMILES string of the molecule is Cc1cccc(OCC(O)CNc2ncnc3c2oc2ccccc23)c1. The maximum Gasteiger partial charge on any atom is 0.196 e. The van der Waals surface area contributed by atoms with Crippen molar-refractivity contribution in [3.63, 3.8) is 0 Å². The average molecular weight is 349 g/mol. The van der Waals surface area contributed by atoms with Crippen LogP contribution >= 0.6 is 0 Å². The Balaban J connectivity index is 1.44. The third-order valence-corrected chi connectivity index (χ3v) is 4.10. The van der Waals surface area contributed by atoms with Gasteiger partial charge in [0.05, 0.1) is 0 Å². The van der Waals surface area contributed by atoms with Crippen LogP contribution in [0.3, 0.4) is 0 Å². The minimum absolute atomic E-state index is 0.185. The molecular weight excluding hydrogens is 330 g/mol. The molecule has 132 valence electrons. The lowest BCUT2D eigenvalue weighted by Crippen LogP contribution is -2.26. The third kappa shape index (κ3) is 3.32. The molecule has 0 aliphatic carbocycles. The van der Waals surface area contributed by atoms with Gasteiger partial charge in [0, 0.05) is 11.9 Å². The predicted octanol–water partition coefficient (Wildman–Crippen LogP) is 3.54. The number of para-hydroxylation sites is 1. The van der Waals surface area contributed by atoms with Gasteiger partial charge in [-0.25, -0.2) is 9.97 Å². The zero-order chi connectivity index (χ0) is 17.9. The fourth-order valence-corrected chi connectivity index (χ4v) is 2.82. The van der Waals surface area contributed by atoms with Gasteiger partial charge in [-0.1, -0.05) is 24.3 Å². The van der Waals surface area contributed by atoms with E-state index in [9.17, 15) is 5.11 Å². The molecule has 0 saturated heterocycles. The van der Waals surface area contributed by atoms with Crippen molar-refractivity contribution < 1.29 is 14.3 Å². The number of hydrogen-bond donors (Lipinski definition) is 2. The van der Waals surface area contributed by atoms with Crippen LogP contribution in [0.2, 0.25) is 0 Å². The van der Waals surface area contributed by atoms with E-state index < -0.39 is 6.10 Å². The van der Waals surface area contributed by atoms with Gasteiger partial charge in [0.15, 0.2) is 11.4 Å². The lowest BCUT2D eigenvalue weighted by atomic mass is 10.2. The molecule has 0 aliphatic heterocycles. The van der Waals surface area contributed by atoms with Gasteiger partial charge in [0.2, 0.25) is 0 Å². The third-order valence-electron chi connectivity index (χ3n) is 4.10. The van der Waals surface area contributed by atoms with Gasteiger partial charge in [-0.3, -0.25) is 0 Å². The molecule has 2 heterocycles. The number of aliphatic hydroxyl groups excluding tert-OH is 1. The van der Waals surface area contributed by atoms with Crippen LogP contribution in [0, 0.1) is 6.92 Å². The first-order valence-corrected chi connectivity index (χ1v) is 8.44. The number of rotatable bonds is 6. The number of nitrogens with zero attached hydrogens (tertiary/aromatic N) is 2. The highest BCUT2D eigenvalue weighted by Crippen LogP contribution is 2.30. The monoisotopic (exact) mass is 349 g/mol. The Hall–Kier alpha value is -3.12. The topological polar surface area (TPSA) is 80.4 Å². The zero-order valence-electron chi connectivity index (χ0n) is 14.3. The lowest BCUT2D eigenvalue weighted by Gasteiger charge is -2.13. The van der Waals surface area contributed by atoms with Gasteiger partial charge in [-0.2, -0.15) is 0 Å². The molecule has 2 aromatic carbocycles. The molecule has 26 heavy (non-hydrogen) atoms. The second-order valence-corrected chi connectivity index (χ2v) is 6.16. The molecule has 0 radical (unpaired) electrons. The van der Waals surface area contributed by atoms with E-state index >= 15 is 0 Å². The molecule has 0 saturated carbocycles. The maximum absolute atomic E-state index is 10.2. The zero-order valence-corrected chi connectivity index (χ0v) is 14.3. The Morgan fingerprint density at radius 2 is 2.04 bits per heavy atom. The summed E-state index contributed by atoms with van der Waals surface area (Å²) in [5.74, 6) is 1.30. The number of fused-ring (bicyclic) bond motifs is 3. The Bertz CT molecular complexity index is 1040. The number of hydrogen-bond acceptors (Lipinski definition) is 6. The molecule has 0 amide bonds. The number of nitrogens with one attached hydrogen (secondary N) is 1. The van der Waals surface area contributed by atoms with Crippen LogP contribution in [0.4, 0.5) is 5.82 Å². The summed E-state index contributed by atoms with van der Waals surface area (Å²) in [6.07, 6.45) is 0.798. The molecule has 6 nitrogen and oxygen atoms in total. The van der Waals surface area contributed by atoms with Crippen molar-refractivity contribution in [1.82, 2.24) is 9.97 Å². The van der Waals surface area contributed by atoms with Crippen molar-refractivity contribution in [3.8, 4) is 5.75 Å². The first kappa shape index (κ1) is 16.4. The molecule has 1 unspecified atom stereocenters. The summed E-state index contributed by atoms with van der Waals surface area (Å²) in [5, 5.41) is 14.3. The standard InChI is InChI=1S/C20H19N3O3/c1-13-5-4-6-15(9-13)25-11-14(24)10-21-20-19-18(22-12-23-20)16-7-2-3-8-17(16)26-19/h2-9,12,14,24H,10-11H2,1H3,(H,21,22,23). The molecule has 2 aromatic heterocycles. The van der Waals surface area contributed by atoms with E-state index in [0.29, 0.717) is 11.4 Å². The summed E-state index contributed by atoms with van der Waals surface area (Å²) in [5.41, 5.74) is 3.21. The fraction of sp³-hybridized carbons (Fsp3) is 0.200. The Kier molecular flexibility index (Phi) is 4.41. The van der Waals surface area contributed by atoms with E-state index in [4.69, 9.17) is 9.15 Å². The van der Waals surface area contributed by atoms with Gasteiger partial charge < -0.3 is 19.6 Å². The number of ether oxygens (including phenoxy) is 1. The van der Waals surface area contributed by atoms with E-state index in [-0.39, 0.29) is 13.2 Å². The maximum atomic E-state index is 10.2. The summed E-state index contributed by atoms with van der Waals surface area (Å²) in [6, 6.07) is 15.4. The van der Waals surface area contributed by atoms with E-state index in [2.05, 4.69) is 15.3 Å². The van der Waals surface area contributed by atoms with Crippen molar-refractivity contribution >= 4 is 27.9 Å². The lowest BCUT2D eigenvalue weighted by molar-refractivity contribution is 0.117. The molecule has 0 spiro atoms. The molecule has 2 N–H and O–H groups in total. The Labute approximate surface area is 150 Å². The van der Waals surface area contributed by atoms with Crippen LogP contribution in [-0.2, 0) is 0 Å². The predicted molar refractivity (Wildman–Crippen MR) is 100 cm³/mol. The average Bonchev–Trinajstić information content (AvgIpc) is 3.04. The molecule has 0 bridgehead atoms. The normalized spacial score (nSPS) is 12.4. The second-order valence-electron chi connectivity index (χ2n) is 6.16. The van der Waals surface area contributed by atoms with Crippen molar-refractivity contribution in [2.75, 3.05) is 18.5 Å². The van der Waals surface area contributed by atoms with E-state index in [0.717, 1.165) is 27.8 Å². The fourth-order valence-electron chi connectivity index (χ4n) is 2.82. The minimum Gasteiger partial charge on any atom is -0.491 e. The van der Waals surface area contributed by atoms with Crippen molar-refractivity contribution in [2.45, 2.75) is 13.0 Å². The molecule has 1 atom stereocenters. The summed E-state index contributed by atoms with van der Waals surface area (Å²) < 4.78 is 11.5. The minimum atomic E-state index is -0.690. The number of aromatic nitrogens is 2. The first-order chi connectivity index (χ1) is 12.7. The van der Waals surface area contributed by atoms with E-state index in [1.807, 2.05) is 55.5 Å². The number of benzene rings is 2. The van der Waals surface area contributed by atoms with Crippen LogP contribution in [0.15, 0.2) is 59.3 Å². The van der Waals surface area contributed by atoms with Crippen molar-refractivity contribution in [1.29, 1.82) is 0 Å². The second kappa shape index (κ2) is 7.01. The first-order valence-electron chi connectivity index (χ1n) is 8.44. The molecule has 6 heteroatoms. The largest absolute Gasteiger partial charge is 0.491 e. The van der Waals surface area contributed by atoms with Gasteiger partial charge in [-0.05, 0) is 36.8 Å². The summed E-state index contributed by atoms with van der Waals surface area (Å²) in [6.45, 7) is 2.47.